The van der Waals surface area contributed by atoms with Crippen LogP contribution < -0.4 is 0 Å². The SMILES string of the molecule is C=C(N1CCN(C(=O)c2ccc(-c3cnc4ccccc4c3)cc2F)CC1)C1(C)CC1. The fourth-order valence-electron chi connectivity index (χ4n) is 4.30. The number of hydrogen-bond acceptors (Lipinski definition) is 3. The summed E-state index contributed by atoms with van der Waals surface area (Å²) in [5, 5.41) is 1.00. The highest BCUT2D eigenvalue weighted by Gasteiger charge is 2.42. The lowest BCUT2D eigenvalue weighted by Gasteiger charge is -2.39. The highest BCUT2D eigenvalue weighted by Crippen LogP contribution is 2.51. The van der Waals surface area contributed by atoms with Crippen LogP contribution >= 0.6 is 0 Å². The number of carbonyl (C=O) groups excluding carboxylic acids is 1. The van der Waals surface area contributed by atoms with Gasteiger partial charge in [0.05, 0.1) is 11.1 Å². The van der Waals surface area contributed by atoms with Crippen molar-refractivity contribution in [2.75, 3.05) is 26.2 Å². The molecule has 1 aliphatic carbocycles. The Kier molecular flexibility index (Phi) is 4.77. The molecule has 4 nitrogen and oxygen atoms in total. The first kappa shape index (κ1) is 19.7. The van der Waals surface area contributed by atoms with Crippen LogP contribution in [0.3, 0.4) is 0 Å². The normalized spacial score (nSPS) is 17.6. The average Bonchev–Trinajstić information content (AvgIpc) is 3.56. The van der Waals surface area contributed by atoms with Crippen molar-refractivity contribution in [2.45, 2.75) is 19.8 Å². The van der Waals surface area contributed by atoms with Crippen molar-refractivity contribution in [1.82, 2.24) is 14.8 Å². The van der Waals surface area contributed by atoms with E-state index in [1.54, 1.807) is 23.2 Å². The molecule has 1 saturated heterocycles. The predicted octanol–water partition coefficient (Wildman–Crippen LogP) is 5.11. The van der Waals surface area contributed by atoms with Crippen LogP contribution in [0.2, 0.25) is 0 Å². The van der Waals surface area contributed by atoms with Crippen LogP contribution in [0.15, 0.2) is 67.0 Å². The van der Waals surface area contributed by atoms with Crippen molar-refractivity contribution in [2.24, 2.45) is 5.41 Å². The largest absolute Gasteiger partial charge is 0.371 e. The number of allylic oxidation sites excluding steroid dienone is 1. The van der Waals surface area contributed by atoms with Gasteiger partial charge in [0.25, 0.3) is 5.91 Å². The maximum atomic E-state index is 14.9. The van der Waals surface area contributed by atoms with Crippen molar-refractivity contribution >= 4 is 16.8 Å². The van der Waals surface area contributed by atoms with E-state index >= 15 is 0 Å². The second-order valence-electron chi connectivity index (χ2n) is 8.90. The second kappa shape index (κ2) is 7.49. The maximum absolute atomic E-state index is 14.9. The lowest BCUT2D eigenvalue weighted by atomic mass is 10.0. The first-order chi connectivity index (χ1) is 14.9. The number of carbonyl (C=O) groups is 1. The number of fused-ring (bicyclic) bond motifs is 1. The molecule has 0 N–H and O–H groups in total. The molecule has 0 radical (unpaired) electrons. The Balaban J connectivity index is 1.30. The van der Waals surface area contributed by atoms with Crippen molar-refractivity contribution < 1.29 is 9.18 Å². The summed E-state index contributed by atoms with van der Waals surface area (Å²) in [6, 6.07) is 14.6. The number of hydrogen-bond donors (Lipinski definition) is 0. The van der Waals surface area contributed by atoms with E-state index in [2.05, 4.69) is 23.4 Å². The highest BCUT2D eigenvalue weighted by atomic mass is 19.1. The van der Waals surface area contributed by atoms with Gasteiger partial charge in [0.15, 0.2) is 0 Å². The van der Waals surface area contributed by atoms with E-state index in [1.165, 1.54) is 24.6 Å². The van der Waals surface area contributed by atoms with E-state index < -0.39 is 5.82 Å². The minimum Gasteiger partial charge on any atom is -0.371 e. The molecule has 0 bridgehead atoms. The fraction of sp³-hybridized carbons (Fsp3) is 0.308. The number of benzene rings is 2. The summed E-state index contributed by atoms with van der Waals surface area (Å²) in [4.78, 5) is 21.4. The number of pyridine rings is 1. The van der Waals surface area contributed by atoms with Crippen LogP contribution in [0.4, 0.5) is 4.39 Å². The number of piperazine rings is 1. The van der Waals surface area contributed by atoms with Crippen molar-refractivity contribution in [3.8, 4) is 11.1 Å². The van der Waals surface area contributed by atoms with Crippen LogP contribution in [0.1, 0.15) is 30.1 Å². The molecule has 0 unspecified atom stereocenters. The summed E-state index contributed by atoms with van der Waals surface area (Å²) >= 11 is 0. The fourth-order valence-corrected chi connectivity index (χ4v) is 4.30. The summed E-state index contributed by atoms with van der Waals surface area (Å²) in [7, 11) is 0. The topological polar surface area (TPSA) is 36.4 Å². The number of nitrogens with zero attached hydrogens (tertiary/aromatic N) is 3. The molecule has 2 aliphatic rings. The van der Waals surface area contributed by atoms with Gasteiger partial charge in [-0.05, 0) is 42.7 Å². The number of rotatable bonds is 4. The number of halogens is 1. The van der Waals surface area contributed by atoms with Gasteiger partial charge in [0, 0.05) is 54.4 Å². The third-order valence-corrected chi connectivity index (χ3v) is 6.77. The van der Waals surface area contributed by atoms with E-state index in [0.717, 1.165) is 29.6 Å². The van der Waals surface area contributed by atoms with Gasteiger partial charge < -0.3 is 9.80 Å². The van der Waals surface area contributed by atoms with Crippen LogP contribution in [-0.2, 0) is 0 Å². The van der Waals surface area contributed by atoms with E-state index in [4.69, 9.17) is 0 Å². The minimum absolute atomic E-state index is 0.124. The van der Waals surface area contributed by atoms with Crippen molar-refractivity contribution in [1.29, 1.82) is 0 Å². The summed E-state index contributed by atoms with van der Waals surface area (Å²) in [6.45, 7) is 9.19. The molecule has 31 heavy (non-hydrogen) atoms. The zero-order chi connectivity index (χ0) is 21.6. The highest BCUT2D eigenvalue weighted by molar-refractivity contribution is 5.95. The summed E-state index contributed by atoms with van der Waals surface area (Å²) in [6.07, 6.45) is 4.12. The molecular weight excluding hydrogens is 389 g/mol. The summed E-state index contributed by atoms with van der Waals surface area (Å²) in [5.74, 6) is -0.739. The molecule has 3 aromatic rings. The number of aromatic nitrogens is 1. The Morgan fingerprint density at radius 1 is 1.00 bits per heavy atom. The summed E-state index contributed by atoms with van der Waals surface area (Å²) in [5.41, 5.74) is 3.99. The standard InChI is InChI=1S/C26H26FN3O/c1-18(26(2)9-10-26)29-11-13-30(14-12-29)25(31)22-8-7-19(16-23(22)27)21-15-20-5-3-4-6-24(20)28-17-21/h3-8,15-17H,1,9-14H2,2H3. The molecule has 5 rings (SSSR count). The smallest absolute Gasteiger partial charge is 0.256 e. The molecule has 1 aliphatic heterocycles. The molecule has 1 aromatic heterocycles. The van der Waals surface area contributed by atoms with E-state index in [9.17, 15) is 9.18 Å². The third kappa shape index (κ3) is 3.69. The van der Waals surface area contributed by atoms with Crippen LogP contribution in [0, 0.1) is 11.2 Å². The van der Waals surface area contributed by atoms with Gasteiger partial charge in [-0.15, -0.1) is 0 Å². The molecule has 0 spiro atoms. The maximum Gasteiger partial charge on any atom is 0.256 e. The molecule has 2 aromatic carbocycles. The van der Waals surface area contributed by atoms with Gasteiger partial charge in [0.2, 0.25) is 0 Å². The Bertz CT molecular complexity index is 1180. The molecular formula is C26H26FN3O. The first-order valence-corrected chi connectivity index (χ1v) is 10.8. The average molecular weight is 416 g/mol. The Labute approximate surface area is 182 Å². The minimum atomic E-state index is -0.493. The van der Waals surface area contributed by atoms with E-state index in [1.807, 2.05) is 30.3 Å². The Morgan fingerprint density at radius 2 is 1.71 bits per heavy atom. The van der Waals surface area contributed by atoms with Crippen molar-refractivity contribution in [3.05, 3.63) is 78.4 Å². The Hall–Kier alpha value is -3.21. The van der Waals surface area contributed by atoms with Crippen LogP contribution in [-0.4, -0.2) is 46.9 Å². The molecule has 5 heteroatoms. The molecule has 2 fully saturated rings. The van der Waals surface area contributed by atoms with Gasteiger partial charge in [-0.1, -0.05) is 37.8 Å². The van der Waals surface area contributed by atoms with E-state index in [0.29, 0.717) is 18.7 Å². The molecule has 1 saturated carbocycles. The monoisotopic (exact) mass is 415 g/mol. The van der Waals surface area contributed by atoms with Gasteiger partial charge in [-0.3, -0.25) is 9.78 Å². The van der Waals surface area contributed by atoms with Crippen molar-refractivity contribution in [3.63, 3.8) is 0 Å². The summed E-state index contributed by atoms with van der Waals surface area (Å²) < 4.78 is 14.9. The van der Waals surface area contributed by atoms with Crippen LogP contribution in [0.5, 0.6) is 0 Å². The zero-order valence-electron chi connectivity index (χ0n) is 17.8. The van der Waals surface area contributed by atoms with Crippen LogP contribution in [0.25, 0.3) is 22.0 Å². The number of para-hydroxylation sites is 1. The quantitative estimate of drug-likeness (QED) is 0.594. The number of amides is 1. The zero-order valence-corrected chi connectivity index (χ0v) is 17.8. The lowest BCUT2D eigenvalue weighted by Crippen LogP contribution is -2.49. The molecule has 2 heterocycles. The van der Waals surface area contributed by atoms with Gasteiger partial charge in [-0.2, -0.15) is 0 Å². The predicted molar refractivity (Wildman–Crippen MR) is 121 cm³/mol. The molecule has 158 valence electrons. The van der Waals surface area contributed by atoms with Gasteiger partial charge in [-0.25, -0.2) is 4.39 Å². The molecule has 1 amide bonds. The van der Waals surface area contributed by atoms with E-state index in [-0.39, 0.29) is 16.9 Å². The Morgan fingerprint density at radius 3 is 2.42 bits per heavy atom. The van der Waals surface area contributed by atoms with Gasteiger partial charge >= 0.3 is 0 Å². The second-order valence-corrected chi connectivity index (χ2v) is 8.90. The lowest BCUT2D eigenvalue weighted by molar-refractivity contribution is 0.0655. The first-order valence-electron chi connectivity index (χ1n) is 10.8. The van der Waals surface area contributed by atoms with Gasteiger partial charge in [0.1, 0.15) is 5.82 Å². The molecule has 0 atom stereocenters. The third-order valence-electron chi connectivity index (χ3n) is 6.77.